The normalized spacial score (nSPS) is 11.7. The van der Waals surface area contributed by atoms with E-state index in [4.69, 9.17) is 0 Å². The van der Waals surface area contributed by atoms with E-state index in [1.54, 1.807) is 19.2 Å². The minimum atomic E-state index is -0.211. The van der Waals surface area contributed by atoms with Gasteiger partial charge in [0, 0.05) is 12.8 Å². The molecular weight excluding hydrogens is 141 g/mol. The maximum absolute atomic E-state index is 12.4. The minimum Gasteiger partial charge on any atom is -0.293 e. The number of halogens is 1. The lowest BCUT2D eigenvalue weighted by molar-refractivity contribution is 0.628. The average molecular weight is 151 g/mol. The molecule has 0 radical (unpaired) electrons. The van der Waals surface area contributed by atoms with Crippen molar-refractivity contribution in [3.63, 3.8) is 0 Å². The van der Waals surface area contributed by atoms with Gasteiger partial charge in [-0.25, -0.2) is 4.39 Å². The summed E-state index contributed by atoms with van der Waals surface area (Å²) in [6.45, 7) is 1.90. The Morgan fingerprint density at radius 1 is 1.27 bits per heavy atom. The Morgan fingerprint density at radius 3 is 2.27 bits per heavy atom. The molecule has 0 unspecified atom stereocenters. The highest BCUT2D eigenvalue weighted by atomic mass is 19.1. The molecule has 0 aliphatic carbocycles. The number of nitrogens with zero attached hydrogens (tertiary/aromatic N) is 1. The Balaban J connectivity index is 2.99. The van der Waals surface area contributed by atoms with E-state index in [1.165, 1.54) is 12.1 Å². The average Bonchev–Trinajstić information content (AvgIpc) is 2.05. The summed E-state index contributed by atoms with van der Waals surface area (Å²) in [5.41, 5.74) is 1.89. The topological polar surface area (TPSA) is 12.4 Å². The molecule has 0 aliphatic heterocycles. The fraction of sp³-hybridized carbons (Fsp3) is 0.222. The third-order valence-electron chi connectivity index (χ3n) is 1.60. The van der Waals surface area contributed by atoms with Gasteiger partial charge in [0.15, 0.2) is 0 Å². The van der Waals surface area contributed by atoms with Crippen LogP contribution in [-0.2, 0) is 0 Å². The summed E-state index contributed by atoms with van der Waals surface area (Å²) in [5.74, 6) is -0.211. The van der Waals surface area contributed by atoms with Crippen LogP contribution in [0.5, 0.6) is 0 Å². The number of benzene rings is 1. The van der Waals surface area contributed by atoms with Crippen molar-refractivity contribution in [2.45, 2.75) is 6.92 Å². The first kappa shape index (κ1) is 7.92. The van der Waals surface area contributed by atoms with Gasteiger partial charge in [-0.05, 0) is 24.6 Å². The summed E-state index contributed by atoms with van der Waals surface area (Å²) in [6, 6.07) is 6.31. The van der Waals surface area contributed by atoms with Crippen molar-refractivity contribution in [2.75, 3.05) is 7.05 Å². The molecule has 1 nitrogen and oxygen atoms in total. The first-order valence-corrected chi connectivity index (χ1v) is 3.43. The lowest BCUT2D eigenvalue weighted by Gasteiger charge is -1.97. The van der Waals surface area contributed by atoms with Crippen LogP contribution in [0, 0.1) is 5.82 Å². The standard InChI is InChI=1S/C9H10FN/c1-7(11-2)8-3-5-9(10)6-4-8/h3-6H,1-2H3/b11-7-. The van der Waals surface area contributed by atoms with Crippen molar-refractivity contribution in [1.82, 2.24) is 0 Å². The van der Waals surface area contributed by atoms with Gasteiger partial charge in [0.1, 0.15) is 5.82 Å². The van der Waals surface area contributed by atoms with Gasteiger partial charge in [-0.15, -0.1) is 0 Å². The third-order valence-corrected chi connectivity index (χ3v) is 1.60. The van der Waals surface area contributed by atoms with Gasteiger partial charge < -0.3 is 0 Å². The number of aliphatic imine (C=N–C) groups is 1. The molecule has 0 spiro atoms. The fourth-order valence-electron chi connectivity index (χ4n) is 0.820. The Kier molecular flexibility index (Phi) is 2.36. The zero-order valence-corrected chi connectivity index (χ0v) is 6.63. The molecule has 0 bridgehead atoms. The molecule has 1 aromatic carbocycles. The highest BCUT2D eigenvalue weighted by molar-refractivity contribution is 5.98. The van der Waals surface area contributed by atoms with E-state index in [-0.39, 0.29) is 5.82 Å². The smallest absolute Gasteiger partial charge is 0.123 e. The Labute approximate surface area is 65.6 Å². The van der Waals surface area contributed by atoms with Crippen LogP contribution >= 0.6 is 0 Å². The molecule has 2 heteroatoms. The third kappa shape index (κ3) is 1.87. The van der Waals surface area contributed by atoms with E-state index in [2.05, 4.69) is 4.99 Å². The molecule has 0 fully saturated rings. The van der Waals surface area contributed by atoms with E-state index < -0.39 is 0 Å². The van der Waals surface area contributed by atoms with Crippen molar-refractivity contribution >= 4 is 5.71 Å². The van der Waals surface area contributed by atoms with E-state index >= 15 is 0 Å². The van der Waals surface area contributed by atoms with Gasteiger partial charge in [0.2, 0.25) is 0 Å². The number of rotatable bonds is 1. The van der Waals surface area contributed by atoms with Gasteiger partial charge in [-0.1, -0.05) is 12.1 Å². The van der Waals surface area contributed by atoms with Crippen LogP contribution < -0.4 is 0 Å². The maximum Gasteiger partial charge on any atom is 0.123 e. The summed E-state index contributed by atoms with van der Waals surface area (Å²) in [4.78, 5) is 3.98. The lowest BCUT2D eigenvalue weighted by Crippen LogP contribution is -1.93. The van der Waals surface area contributed by atoms with E-state index in [0.29, 0.717) is 0 Å². The summed E-state index contributed by atoms with van der Waals surface area (Å²) < 4.78 is 12.4. The largest absolute Gasteiger partial charge is 0.293 e. The second-order valence-corrected chi connectivity index (χ2v) is 2.32. The van der Waals surface area contributed by atoms with Crippen LogP contribution in [0.3, 0.4) is 0 Å². The molecule has 0 saturated heterocycles. The summed E-state index contributed by atoms with van der Waals surface area (Å²) >= 11 is 0. The molecule has 11 heavy (non-hydrogen) atoms. The molecular formula is C9H10FN. The second-order valence-electron chi connectivity index (χ2n) is 2.32. The Hall–Kier alpha value is -1.18. The second kappa shape index (κ2) is 3.28. The first-order chi connectivity index (χ1) is 5.24. The summed E-state index contributed by atoms with van der Waals surface area (Å²) in [5, 5.41) is 0. The van der Waals surface area contributed by atoms with E-state index in [9.17, 15) is 4.39 Å². The quantitative estimate of drug-likeness (QED) is 0.546. The zero-order chi connectivity index (χ0) is 8.27. The molecule has 0 amide bonds. The summed E-state index contributed by atoms with van der Waals surface area (Å²) in [7, 11) is 1.72. The van der Waals surface area contributed by atoms with Crippen molar-refractivity contribution in [1.29, 1.82) is 0 Å². The SMILES string of the molecule is C/N=C(/C)c1ccc(F)cc1. The van der Waals surface area contributed by atoms with Crippen LogP contribution in [0.25, 0.3) is 0 Å². The minimum absolute atomic E-state index is 0.211. The molecule has 0 heterocycles. The molecule has 1 aromatic rings. The van der Waals surface area contributed by atoms with Crippen molar-refractivity contribution in [3.8, 4) is 0 Å². The first-order valence-electron chi connectivity index (χ1n) is 3.43. The monoisotopic (exact) mass is 151 g/mol. The zero-order valence-electron chi connectivity index (χ0n) is 6.63. The number of hydrogen-bond acceptors (Lipinski definition) is 1. The van der Waals surface area contributed by atoms with Gasteiger partial charge in [0.05, 0.1) is 0 Å². The highest BCUT2D eigenvalue weighted by Gasteiger charge is 1.94. The van der Waals surface area contributed by atoms with Gasteiger partial charge in [-0.3, -0.25) is 4.99 Å². The van der Waals surface area contributed by atoms with Crippen molar-refractivity contribution in [3.05, 3.63) is 35.6 Å². The van der Waals surface area contributed by atoms with Crippen LogP contribution in [-0.4, -0.2) is 12.8 Å². The van der Waals surface area contributed by atoms with Crippen molar-refractivity contribution < 1.29 is 4.39 Å². The van der Waals surface area contributed by atoms with Crippen LogP contribution in [0.2, 0.25) is 0 Å². The molecule has 0 N–H and O–H groups in total. The molecule has 0 saturated carbocycles. The molecule has 0 atom stereocenters. The Bertz CT molecular complexity index is 261. The van der Waals surface area contributed by atoms with Gasteiger partial charge >= 0.3 is 0 Å². The van der Waals surface area contributed by atoms with Crippen LogP contribution in [0.1, 0.15) is 12.5 Å². The molecule has 58 valence electrons. The van der Waals surface area contributed by atoms with Crippen LogP contribution in [0.4, 0.5) is 4.39 Å². The van der Waals surface area contributed by atoms with Gasteiger partial charge in [0.25, 0.3) is 0 Å². The highest BCUT2D eigenvalue weighted by Crippen LogP contribution is 2.03. The summed E-state index contributed by atoms with van der Waals surface area (Å²) in [6.07, 6.45) is 0. The van der Waals surface area contributed by atoms with Crippen LogP contribution in [0.15, 0.2) is 29.3 Å². The fourth-order valence-corrected chi connectivity index (χ4v) is 0.820. The Morgan fingerprint density at radius 2 is 1.82 bits per heavy atom. The predicted octanol–water partition coefficient (Wildman–Crippen LogP) is 2.26. The lowest BCUT2D eigenvalue weighted by atomic mass is 10.1. The maximum atomic E-state index is 12.4. The van der Waals surface area contributed by atoms with Crippen molar-refractivity contribution in [2.24, 2.45) is 4.99 Å². The number of hydrogen-bond donors (Lipinski definition) is 0. The van der Waals surface area contributed by atoms with E-state index in [1.807, 2.05) is 6.92 Å². The molecule has 0 aliphatic rings. The molecule has 0 aromatic heterocycles. The van der Waals surface area contributed by atoms with E-state index in [0.717, 1.165) is 11.3 Å². The predicted molar refractivity (Wildman–Crippen MR) is 44.5 cm³/mol. The van der Waals surface area contributed by atoms with Gasteiger partial charge in [-0.2, -0.15) is 0 Å². The molecule has 1 rings (SSSR count).